The molecular formula is C32H28N4O11. The summed E-state index contributed by atoms with van der Waals surface area (Å²) in [6.45, 7) is -0.601. The number of rotatable bonds is 14. The Morgan fingerprint density at radius 2 is 1.19 bits per heavy atom. The minimum Gasteiger partial charge on any atom is -0.476 e. The molecule has 4 N–H and O–H groups in total. The van der Waals surface area contributed by atoms with Crippen LogP contribution in [0.2, 0.25) is 0 Å². The highest BCUT2D eigenvalue weighted by atomic mass is 16.7. The van der Waals surface area contributed by atoms with E-state index in [1.165, 1.54) is 6.07 Å². The van der Waals surface area contributed by atoms with E-state index in [9.17, 15) is 39.0 Å². The highest BCUT2D eigenvalue weighted by molar-refractivity contribution is 5.91. The van der Waals surface area contributed by atoms with Crippen molar-refractivity contribution in [3.63, 3.8) is 0 Å². The van der Waals surface area contributed by atoms with E-state index in [1.54, 1.807) is 60.7 Å². The lowest BCUT2D eigenvalue weighted by molar-refractivity contribution is -0.137. The zero-order chi connectivity index (χ0) is 33.6. The first-order valence-electron chi connectivity index (χ1n) is 14.1. The molecule has 47 heavy (non-hydrogen) atoms. The summed E-state index contributed by atoms with van der Waals surface area (Å²) in [6, 6.07) is 19.6. The first-order chi connectivity index (χ1) is 22.7. The molecule has 0 spiro atoms. The van der Waals surface area contributed by atoms with Gasteiger partial charge < -0.3 is 35.3 Å². The number of carboxylic acid groups (broad SMARTS) is 2. The fourth-order valence-corrected chi connectivity index (χ4v) is 4.94. The number of hydrogen-bond acceptors (Lipinski definition) is 11. The van der Waals surface area contributed by atoms with Crippen molar-refractivity contribution in [2.24, 2.45) is 0 Å². The van der Waals surface area contributed by atoms with E-state index >= 15 is 0 Å². The first kappa shape index (κ1) is 32.2. The number of aromatic carboxylic acids is 2. The molecule has 1 fully saturated rings. The lowest BCUT2D eigenvalue weighted by atomic mass is 9.93. The number of carboxylic acids is 2. The van der Waals surface area contributed by atoms with Gasteiger partial charge in [0.2, 0.25) is 0 Å². The van der Waals surface area contributed by atoms with Gasteiger partial charge in [-0.2, -0.15) is 0 Å². The van der Waals surface area contributed by atoms with Crippen LogP contribution in [0.25, 0.3) is 0 Å². The van der Waals surface area contributed by atoms with Crippen LogP contribution in [-0.2, 0) is 27.5 Å². The van der Waals surface area contributed by atoms with Gasteiger partial charge in [0.15, 0.2) is 29.6 Å². The van der Waals surface area contributed by atoms with Gasteiger partial charge in [-0.3, -0.25) is 19.2 Å². The van der Waals surface area contributed by atoms with Crippen LogP contribution in [0.3, 0.4) is 0 Å². The monoisotopic (exact) mass is 644 g/mol. The standard InChI is InChI=1S/C32H28N4O11/c37-18-32(19-38)27(34-23-12-14-26(31(43)44)36(29(23)40)47-16-21-9-5-2-6-10-21)24(17-45-32)33-22-11-13-25(30(41)42)35(28(22)39)46-15-20-7-3-1-4-8-20/h1-14,18-19,24,27,33-34H,15-17H2,(H,41,42)(H,43,44)/t24-,27-/m1/s1. The molecule has 1 aliphatic heterocycles. The number of ether oxygens (including phenoxy) is 1. The molecule has 15 nitrogen and oxygen atoms in total. The third kappa shape index (κ3) is 6.74. The van der Waals surface area contributed by atoms with Crippen molar-refractivity contribution < 1.29 is 43.8 Å². The Morgan fingerprint density at radius 1 is 0.745 bits per heavy atom. The van der Waals surface area contributed by atoms with Crippen LogP contribution in [0, 0.1) is 0 Å². The maximum Gasteiger partial charge on any atom is 0.356 e. The number of carbonyl (C=O) groups excluding carboxylic acids is 2. The van der Waals surface area contributed by atoms with Gasteiger partial charge in [0.05, 0.1) is 18.7 Å². The summed E-state index contributed by atoms with van der Waals surface area (Å²) in [4.78, 5) is 86.2. The molecule has 242 valence electrons. The lowest BCUT2D eigenvalue weighted by Crippen LogP contribution is -2.54. The van der Waals surface area contributed by atoms with Crippen LogP contribution in [0.4, 0.5) is 11.4 Å². The summed E-state index contributed by atoms with van der Waals surface area (Å²) in [5.74, 6) is -2.88. The highest BCUT2D eigenvalue weighted by Crippen LogP contribution is 2.28. The Labute approximate surface area is 265 Å². The second-order valence-corrected chi connectivity index (χ2v) is 10.4. The largest absolute Gasteiger partial charge is 0.476 e. The molecule has 0 radical (unpaired) electrons. The van der Waals surface area contributed by atoms with Gasteiger partial charge in [-0.05, 0) is 35.4 Å². The second kappa shape index (κ2) is 13.8. The highest BCUT2D eigenvalue weighted by Gasteiger charge is 2.51. The minimum absolute atomic E-state index is 0.133. The van der Waals surface area contributed by atoms with E-state index in [2.05, 4.69) is 10.6 Å². The molecule has 0 unspecified atom stereocenters. The van der Waals surface area contributed by atoms with Crippen molar-refractivity contribution in [3.05, 3.63) is 128 Å². The van der Waals surface area contributed by atoms with Crippen molar-refractivity contribution in [1.29, 1.82) is 0 Å². The topological polar surface area (TPSA) is 204 Å². The molecule has 1 saturated heterocycles. The summed E-state index contributed by atoms with van der Waals surface area (Å²) >= 11 is 0. The lowest BCUT2D eigenvalue weighted by Gasteiger charge is -2.29. The summed E-state index contributed by atoms with van der Waals surface area (Å²) in [7, 11) is 0. The van der Waals surface area contributed by atoms with E-state index in [-0.39, 0.29) is 43.8 Å². The van der Waals surface area contributed by atoms with E-state index < -0.39 is 52.1 Å². The van der Waals surface area contributed by atoms with Crippen molar-refractivity contribution >= 4 is 35.9 Å². The van der Waals surface area contributed by atoms with Gasteiger partial charge in [-0.15, -0.1) is 9.46 Å². The Kier molecular flexibility index (Phi) is 9.47. The van der Waals surface area contributed by atoms with E-state index in [0.29, 0.717) is 20.6 Å². The maximum absolute atomic E-state index is 13.5. The van der Waals surface area contributed by atoms with Crippen molar-refractivity contribution in [3.8, 4) is 0 Å². The number of benzene rings is 2. The number of nitrogens with one attached hydrogen (secondary N) is 2. The summed E-state index contributed by atoms with van der Waals surface area (Å²) in [5.41, 5.74) is -4.01. The van der Waals surface area contributed by atoms with Gasteiger partial charge in [-0.25, -0.2) is 9.59 Å². The Bertz CT molecular complexity index is 1900. The number of carbonyl (C=O) groups is 4. The molecule has 0 amide bonds. The molecule has 0 aliphatic carbocycles. The average Bonchev–Trinajstić information content (AvgIpc) is 3.42. The molecule has 15 heteroatoms. The van der Waals surface area contributed by atoms with Gasteiger partial charge in [0, 0.05) is 0 Å². The fourth-order valence-electron chi connectivity index (χ4n) is 4.94. The normalized spacial score (nSPS) is 16.5. The Balaban J connectivity index is 1.46. The molecule has 2 aromatic heterocycles. The molecule has 3 heterocycles. The predicted molar refractivity (Wildman–Crippen MR) is 164 cm³/mol. The third-order valence-corrected chi connectivity index (χ3v) is 7.35. The van der Waals surface area contributed by atoms with Gasteiger partial charge >= 0.3 is 23.1 Å². The zero-order valence-corrected chi connectivity index (χ0v) is 24.5. The zero-order valence-electron chi connectivity index (χ0n) is 24.5. The first-order valence-corrected chi connectivity index (χ1v) is 14.1. The number of pyridine rings is 2. The number of aromatic nitrogens is 2. The van der Waals surface area contributed by atoms with Crippen molar-refractivity contribution in [1.82, 2.24) is 9.46 Å². The predicted octanol–water partition coefficient (Wildman–Crippen LogP) is 1.09. The Morgan fingerprint density at radius 3 is 1.62 bits per heavy atom. The van der Waals surface area contributed by atoms with Crippen molar-refractivity contribution in [2.45, 2.75) is 30.9 Å². The molecule has 5 rings (SSSR count). The maximum atomic E-state index is 13.5. The second-order valence-electron chi connectivity index (χ2n) is 10.4. The number of nitrogens with zero attached hydrogens (tertiary/aromatic N) is 2. The van der Waals surface area contributed by atoms with Crippen LogP contribution in [-0.4, -0.2) is 68.5 Å². The van der Waals surface area contributed by atoms with E-state index in [4.69, 9.17) is 14.4 Å². The van der Waals surface area contributed by atoms with Gasteiger partial charge in [0.25, 0.3) is 0 Å². The molecule has 2 aromatic carbocycles. The molecule has 2 atom stereocenters. The number of aldehydes is 2. The summed E-state index contributed by atoms with van der Waals surface area (Å²) in [5, 5.41) is 25.0. The van der Waals surface area contributed by atoms with Gasteiger partial charge in [-0.1, -0.05) is 60.7 Å². The number of hydrogen-bond donors (Lipinski definition) is 4. The number of anilines is 2. The average molecular weight is 645 g/mol. The summed E-state index contributed by atoms with van der Waals surface area (Å²) < 4.78 is 6.74. The van der Waals surface area contributed by atoms with Crippen LogP contribution in [0.5, 0.6) is 0 Å². The summed E-state index contributed by atoms with van der Waals surface area (Å²) in [6.07, 6.45) is 0.481. The molecule has 4 aromatic rings. The SMILES string of the molecule is O=CC1(C=O)OC[C@@H](Nc2ccc(C(=O)O)n(OCc3ccccc3)c2=O)[C@H]1Nc1ccc(C(=O)O)n(OCc2ccccc2)c1=O. The smallest absolute Gasteiger partial charge is 0.356 e. The van der Waals surface area contributed by atoms with Crippen LogP contribution >= 0.6 is 0 Å². The van der Waals surface area contributed by atoms with Crippen molar-refractivity contribution in [2.75, 3.05) is 17.2 Å². The quantitative estimate of drug-likeness (QED) is 0.112. The molecule has 1 aliphatic rings. The molecule has 0 saturated carbocycles. The Hall–Kier alpha value is -6.22. The fraction of sp³-hybridized carbons (Fsp3) is 0.188. The molecular weight excluding hydrogens is 616 g/mol. The third-order valence-electron chi connectivity index (χ3n) is 7.35. The molecule has 0 bridgehead atoms. The van der Waals surface area contributed by atoms with Gasteiger partial charge in [0.1, 0.15) is 24.6 Å². The minimum atomic E-state index is -2.13. The van der Waals surface area contributed by atoms with Crippen LogP contribution < -0.4 is 31.4 Å². The van der Waals surface area contributed by atoms with E-state index in [1.807, 2.05) is 0 Å². The van der Waals surface area contributed by atoms with Crippen LogP contribution in [0.1, 0.15) is 32.1 Å². The van der Waals surface area contributed by atoms with E-state index in [0.717, 1.165) is 18.2 Å². The van der Waals surface area contributed by atoms with Crippen LogP contribution in [0.15, 0.2) is 94.5 Å².